The number of rotatable bonds is 2. The van der Waals surface area contributed by atoms with E-state index in [1.54, 1.807) is 0 Å². The van der Waals surface area contributed by atoms with Crippen molar-refractivity contribution in [3.8, 4) is 5.75 Å². The van der Waals surface area contributed by atoms with Crippen molar-refractivity contribution in [2.75, 3.05) is 12.8 Å². The molecular weight excluding hydrogens is 215 g/mol. The molecule has 0 aliphatic heterocycles. The molecule has 0 aromatic heterocycles. The average molecular weight is 224 g/mol. The Balaban J connectivity index is 0.00000169. The van der Waals surface area contributed by atoms with Crippen LogP contribution < -0.4 is 45.1 Å². The molecule has 0 radical (unpaired) electrons. The van der Waals surface area contributed by atoms with Crippen molar-refractivity contribution in [3.05, 3.63) is 18.2 Å². The van der Waals surface area contributed by atoms with E-state index in [1.165, 1.54) is 13.1 Å². The van der Waals surface area contributed by atoms with Crippen LogP contribution in [0, 0.1) is 0 Å². The molecule has 5 nitrogen and oxygen atoms in total. The zero-order chi connectivity index (χ0) is 10.1. The van der Waals surface area contributed by atoms with Crippen LogP contribution in [0.2, 0.25) is 0 Å². The van der Waals surface area contributed by atoms with E-state index in [0.29, 0.717) is 0 Å². The maximum atomic E-state index is 11.2. The summed E-state index contributed by atoms with van der Waals surface area (Å²) in [6.45, 7) is 0. The second-order valence-electron chi connectivity index (χ2n) is 2.41. The summed E-state index contributed by atoms with van der Waals surface area (Å²) in [5, 5.41) is 10.8. The van der Waals surface area contributed by atoms with Crippen molar-refractivity contribution in [2.24, 2.45) is 0 Å². The molecule has 14 heavy (non-hydrogen) atoms. The van der Waals surface area contributed by atoms with Gasteiger partial charge in [-0.1, -0.05) is 11.8 Å². The number of anilines is 1. The van der Waals surface area contributed by atoms with Gasteiger partial charge in [-0.25, -0.2) is 13.1 Å². The van der Waals surface area contributed by atoms with Gasteiger partial charge < -0.3 is 10.8 Å². The minimum absolute atomic E-state index is 0. The van der Waals surface area contributed by atoms with E-state index >= 15 is 0 Å². The van der Waals surface area contributed by atoms with Crippen LogP contribution in [-0.2, 0) is 10.0 Å². The SMILES string of the molecule is CNS(=O)(=O)c1ccc([O-])c(N)c1.[Na+]. The molecular formula is C7H9N2NaO3S. The zero-order valence-electron chi connectivity index (χ0n) is 7.94. The Morgan fingerprint density at radius 3 is 2.43 bits per heavy atom. The van der Waals surface area contributed by atoms with E-state index in [2.05, 4.69) is 4.72 Å². The Hall–Kier alpha value is -0.270. The molecule has 0 aliphatic rings. The first-order valence-corrected chi connectivity index (χ1v) is 4.96. The van der Waals surface area contributed by atoms with Crippen LogP contribution in [0.5, 0.6) is 5.75 Å². The second-order valence-corrected chi connectivity index (χ2v) is 4.29. The fourth-order valence-corrected chi connectivity index (χ4v) is 1.58. The molecule has 1 rings (SSSR count). The summed E-state index contributed by atoms with van der Waals surface area (Å²) in [7, 11) is -2.22. The summed E-state index contributed by atoms with van der Waals surface area (Å²) >= 11 is 0. The number of nitrogens with two attached hydrogens (primary N) is 1. The van der Waals surface area contributed by atoms with Gasteiger partial charge >= 0.3 is 29.6 Å². The van der Waals surface area contributed by atoms with E-state index in [9.17, 15) is 13.5 Å². The van der Waals surface area contributed by atoms with Gasteiger partial charge in [0.15, 0.2) is 0 Å². The molecule has 0 unspecified atom stereocenters. The Kier molecular flexibility index (Phi) is 4.90. The van der Waals surface area contributed by atoms with Gasteiger partial charge in [-0.3, -0.25) is 0 Å². The Labute approximate surface area is 105 Å². The normalized spacial score (nSPS) is 10.6. The van der Waals surface area contributed by atoms with Crippen LogP contribution in [0.3, 0.4) is 0 Å². The molecule has 0 atom stereocenters. The predicted molar refractivity (Wildman–Crippen MR) is 46.5 cm³/mol. The van der Waals surface area contributed by atoms with E-state index in [-0.39, 0.29) is 45.9 Å². The van der Waals surface area contributed by atoms with Crippen LogP contribution >= 0.6 is 0 Å². The van der Waals surface area contributed by atoms with Crippen molar-refractivity contribution in [1.82, 2.24) is 4.72 Å². The average Bonchev–Trinajstić information content (AvgIpc) is 2.09. The first kappa shape index (κ1) is 13.7. The van der Waals surface area contributed by atoms with Crippen molar-refractivity contribution in [2.45, 2.75) is 4.90 Å². The van der Waals surface area contributed by atoms with Crippen LogP contribution in [0.1, 0.15) is 0 Å². The van der Waals surface area contributed by atoms with Crippen LogP contribution in [0.4, 0.5) is 5.69 Å². The minimum atomic E-state index is -3.51. The Morgan fingerprint density at radius 1 is 1.43 bits per heavy atom. The molecule has 3 N–H and O–H groups in total. The third-order valence-electron chi connectivity index (χ3n) is 1.56. The number of nitrogens with one attached hydrogen (secondary N) is 1. The summed E-state index contributed by atoms with van der Waals surface area (Å²) < 4.78 is 24.5. The monoisotopic (exact) mass is 224 g/mol. The van der Waals surface area contributed by atoms with E-state index in [4.69, 9.17) is 5.73 Å². The van der Waals surface area contributed by atoms with Crippen molar-refractivity contribution >= 4 is 15.7 Å². The van der Waals surface area contributed by atoms with Crippen LogP contribution in [-0.4, -0.2) is 15.5 Å². The molecule has 1 aromatic carbocycles. The first-order chi connectivity index (χ1) is 5.97. The summed E-state index contributed by atoms with van der Waals surface area (Å²) in [4.78, 5) is -0.00731. The molecule has 0 heterocycles. The van der Waals surface area contributed by atoms with Gasteiger partial charge in [-0.2, -0.15) is 0 Å². The van der Waals surface area contributed by atoms with Gasteiger partial charge in [-0.05, 0) is 19.2 Å². The smallest absolute Gasteiger partial charge is 0.871 e. The Morgan fingerprint density at radius 2 is 2.00 bits per heavy atom. The summed E-state index contributed by atoms with van der Waals surface area (Å²) in [5.74, 6) is -0.380. The van der Waals surface area contributed by atoms with E-state index in [0.717, 1.165) is 12.1 Å². The third kappa shape index (κ3) is 2.86. The van der Waals surface area contributed by atoms with Gasteiger partial charge in [0.25, 0.3) is 0 Å². The number of benzene rings is 1. The standard InChI is InChI=1S/C7H10N2O3S.Na/c1-9-13(11,12)5-2-3-7(10)6(8)4-5;/h2-4,9-10H,8H2,1H3;/q;+1/p-1. The van der Waals surface area contributed by atoms with Crippen molar-refractivity contribution in [3.63, 3.8) is 0 Å². The number of sulfonamides is 1. The largest absolute Gasteiger partial charge is 1.00 e. The quantitative estimate of drug-likeness (QED) is 0.398. The summed E-state index contributed by atoms with van der Waals surface area (Å²) in [6.07, 6.45) is 0. The topological polar surface area (TPSA) is 95.2 Å². The van der Waals surface area contributed by atoms with Gasteiger partial charge in [0.1, 0.15) is 0 Å². The number of hydrogen-bond acceptors (Lipinski definition) is 4. The molecule has 0 amide bonds. The molecule has 0 saturated heterocycles. The third-order valence-corrected chi connectivity index (χ3v) is 2.97. The number of nitrogen functional groups attached to an aromatic ring is 1. The fraction of sp³-hybridized carbons (Fsp3) is 0.143. The van der Waals surface area contributed by atoms with Gasteiger partial charge in [-0.15, -0.1) is 0 Å². The second kappa shape index (κ2) is 4.99. The first-order valence-electron chi connectivity index (χ1n) is 3.47. The molecule has 0 spiro atoms. The summed E-state index contributed by atoms with van der Waals surface area (Å²) in [6, 6.07) is 3.47. The zero-order valence-corrected chi connectivity index (χ0v) is 10.8. The molecule has 0 fully saturated rings. The molecule has 0 aliphatic carbocycles. The Bertz CT molecular complexity index is 419. The van der Waals surface area contributed by atoms with Gasteiger partial charge in [0.2, 0.25) is 10.0 Å². The molecule has 72 valence electrons. The molecule has 0 saturated carbocycles. The van der Waals surface area contributed by atoms with Crippen molar-refractivity contribution < 1.29 is 43.1 Å². The van der Waals surface area contributed by atoms with Crippen LogP contribution in [0.15, 0.2) is 23.1 Å². The van der Waals surface area contributed by atoms with Gasteiger partial charge in [0.05, 0.1) is 4.90 Å². The maximum absolute atomic E-state index is 11.2. The number of hydrogen-bond donors (Lipinski definition) is 2. The molecule has 0 bridgehead atoms. The van der Waals surface area contributed by atoms with Crippen LogP contribution in [0.25, 0.3) is 0 Å². The summed E-state index contributed by atoms with van der Waals surface area (Å²) in [5.41, 5.74) is 5.19. The molecule has 1 aromatic rings. The molecule has 7 heteroatoms. The van der Waals surface area contributed by atoms with E-state index in [1.807, 2.05) is 0 Å². The minimum Gasteiger partial charge on any atom is -0.871 e. The van der Waals surface area contributed by atoms with Crippen molar-refractivity contribution in [1.29, 1.82) is 0 Å². The van der Waals surface area contributed by atoms with Gasteiger partial charge in [0, 0.05) is 5.69 Å². The maximum Gasteiger partial charge on any atom is 1.00 e. The predicted octanol–water partition coefficient (Wildman–Crippen LogP) is -3.75. The fourth-order valence-electron chi connectivity index (χ4n) is 0.812. The van der Waals surface area contributed by atoms with E-state index < -0.39 is 10.0 Å².